The summed E-state index contributed by atoms with van der Waals surface area (Å²) in [6.07, 6.45) is 0. The molecule has 0 atom stereocenters. The smallest absolute Gasteiger partial charge is 0.256 e. The van der Waals surface area contributed by atoms with Gasteiger partial charge in [0.15, 0.2) is 0 Å². The van der Waals surface area contributed by atoms with Gasteiger partial charge in [-0.3, -0.25) is 0 Å². The molecule has 3 rings (SSSR count). The van der Waals surface area contributed by atoms with Crippen molar-refractivity contribution >= 4 is 44.9 Å². The Bertz CT molecular complexity index is 718. The van der Waals surface area contributed by atoms with E-state index in [1.54, 1.807) is 11.3 Å². The Hall–Kier alpha value is -1.11. The normalized spacial score (nSPS) is 11.3. The fraction of sp³-hybridized carbons (Fsp3) is 0.250. The van der Waals surface area contributed by atoms with Crippen molar-refractivity contribution in [2.24, 2.45) is 0 Å². The lowest BCUT2D eigenvalue weighted by Gasteiger charge is -1.99. The topological polar surface area (TPSA) is 51.8 Å². The van der Waals surface area contributed by atoms with Crippen LogP contribution in [0.15, 0.2) is 21.1 Å². The SMILES string of the molecule is Cc1nc(SCc2nc(Cl)c3ccsc3n2)oc1C. The highest BCUT2D eigenvalue weighted by Crippen LogP contribution is 2.27. The molecule has 0 N–H and O–H groups in total. The average Bonchev–Trinajstić information content (AvgIpc) is 2.95. The molecule has 3 aromatic rings. The van der Waals surface area contributed by atoms with Crippen LogP contribution in [0.4, 0.5) is 0 Å². The van der Waals surface area contributed by atoms with Gasteiger partial charge in [-0.2, -0.15) is 0 Å². The lowest BCUT2D eigenvalue weighted by atomic mass is 10.4. The number of oxazole rings is 1. The minimum absolute atomic E-state index is 0.501. The molecular weight excluding hydrogens is 302 g/mol. The van der Waals surface area contributed by atoms with Crippen LogP contribution < -0.4 is 0 Å². The molecule has 0 saturated heterocycles. The van der Waals surface area contributed by atoms with Gasteiger partial charge in [-0.25, -0.2) is 15.0 Å². The van der Waals surface area contributed by atoms with E-state index >= 15 is 0 Å². The van der Waals surface area contributed by atoms with Crippen molar-refractivity contribution in [1.29, 1.82) is 0 Å². The lowest BCUT2D eigenvalue weighted by molar-refractivity contribution is 0.431. The maximum absolute atomic E-state index is 6.12. The van der Waals surface area contributed by atoms with E-state index in [0.717, 1.165) is 21.7 Å². The molecule has 0 radical (unpaired) electrons. The average molecular weight is 312 g/mol. The van der Waals surface area contributed by atoms with Crippen molar-refractivity contribution in [2.75, 3.05) is 0 Å². The van der Waals surface area contributed by atoms with Gasteiger partial charge in [0.05, 0.1) is 11.4 Å². The first-order valence-electron chi connectivity index (χ1n) is 5.60. The zero-order valence-electron chi connectivity index (χ0n) is 10.3. The Kier molecular flexibility index (Phi) is 3.47. The van der Waals surface area contributed by atoms with Gasteiger partial charge < -0.3 is 4.42 Å². The number of hydrogen-bond donors (Lipinski definition) is 0. The number of thiophene rings is 1. The molecule has 0 aliphatic heterocycles. The Morgan fingerprint density at radius 1 is 1.32 bits per heavy atom. The van der Waals surface area contributed by atoms with Gasteiger partial charge in [-0.05, 0) is 25.3 Å². The Morgan fingerprint density at radius 2 is 2.16 bits per heavy atom. The first-order valence-corrected chi connectivity index (χ1v) is 7.84. The molecular formula is C12H10ClN3OS2. The fourth-order valence-corrected chi connectivity index (χ4v) is 3.41. The second kappa shape index (κ2) is 5.11. The highest BCUT2D eigenvalue weighted by molar-refractivity contribution is 7.98. The van der Waals surface area contributed by atoms with Crippen LogP contribution >= 0.6 is 34.7 Å². The van der Waals surface area contributed by atoms with Gasteiger partial charge in [-0.15, -0.1) is 11.3 Å². The van der Waals surface area contributed by atoms with Gasteiger partial charge in [0.1, 0.15) is 21.6 Å². The number of rotatable bonds is 3. The molecule has 0 aromatic carbocycles. The third-order valence-electron chi connectivity index (χ3n) is 2.66. The van der Waals surface area contributed by atoms with E-state index in [1.165, 1.54) is 11.8 Å². The summed E-state index contributed by atoms with van der Waals surface area (Å²) < 4.78 is 5.50. The van der Waals surface area contributed by atoms with Crippen LogP contribution in [0.3, 0.4) is 0 Å². The van der Waals surface area contributed by atoms with Crippen molar-refractivity contribution in [2.45, 2.75) is 24.8 Å². The van der Waals surface area contributed by atoms with E-state index in [0.29, 0.717) is 22.0 Å². The van der Waals surface area contributed by atoms with Crippen LogP contribution in [0.5, 0.6) is 0 Å². The van der Waals surface area contributed by atoms with Gasteiger partial charge >= 0.3 is 0 Å². The molecule has 0 saturated carbocycles. The summed E-state index contributed by atoms with van der Waals surface area (Å²) in [6.45, 7) is 3.82. The van der Waals surface area contributed by atoms with Crippen LogP contribution in [-0.2, 0) is 5.75 Å². The second-order valence-electron chi connectivity index (χ2n) is 3.98. The first kappa shape index (κ1) is 12.9. The first-order chi connectivity index (χ1) is 9.13. The van der Waals surface area contributed by atoms with Crippen molar-refractivity contribution in [3.8, 4) is 0 Å². The van der Waals surface area contributed by atoms with Crippen molar-refractivity contribution < 1.29 is 4.42 Å². The standard InChI is InChI=1S/C12H10ClN3OS2/c1-6-7(2)17-12(14-6)19-5-9-15-10(13)8-3-4-18-11(8)16-9/h3-4H,5H2,1-2H3. The third-order valence-corrected chi connectivity index (χ3v) is 4.58. The molecule has 3 aromatic heterocycles. The van der Waals surface area contributed by atoms with Crippen LogP contribution in [0.2, 0.25) is 5.15 Å². The van der Waals surface area contributed by atoms with Crippen LogP contribution in [0.1, 0.15) is 17.3 Å². The number of hydrogen-bond acceptors (Lipinski definition) is 6. The largest absolute Gasteiger partial charge is 0.437 e. The quantitative estimate of drug-likeness (QED) is 0.535. The molecule has 0 unspecified atom stereocenters. The molecule has 3 heterocycles. The summed E-state index contributed by atoms with van der Waals surface area (Å²) in [5.74, 6) is 2.13. The molecule has 0 fully saturated rings. The molecule has 19 heavy (non-hydrogen) atoms. The van der Waals surface area contributed by atoms with E-state index in [1.807, 2.05) is 25.3 Å². The summed E-state index contributed by atoms with van der Waals surface area (Å²) in [5.41, 5.74) is 0.912. The highest BCUT2D eigenvalue weighted by Gasteiger charge is 2.10. The molecule has 0 aliphatic carbocycles. The van der Waals surface area contributed by atoms with Gasteiger partial charge in [-0.1, -0.05) is 23.4 Å². The molecule has 0 bridgehead atoms. The number of fused-ring (bicyclic) bond motifs is 1. The second-order valence-corrected chi connectivity index (χ2v) is 6.16. The van der Waals surface area contributed by atoms with Crippen molar-refractivity contribution in [3.63, 3.8) is 0 Å². The van der Waals surface area contributed by atoms with Crippen molar-refractivity contribution in [1.82, 2.24) is 15.0 Å². The van der Waals surface area contributed by atoms with Gasteiger partial charge in [0.25, 0.3) is 5.22 Å². The number of halogens is 1. The molecule has 7 heteroatoms. The molecule has 98 valence electrons. The van der Waals surface area contributed by atoms with Crippen LogP contribution in [0, 0.1) is 13.8 Å². The van der Waals surface area contributed by atoms with E-state index < -0.39 is 0 Å². The summed E-state index contributed by atoms with van der Waals surface area (Å²) in [7, 11) is 0. The predicted molar refractivity (Wildman–Crippen MR) is 78.0 cm³/mol. The van der Waals surface area contributed by atoms with E-state index in [-0.39, 0.29) is 0 Å². The number of aryl methyl sites for hydroxylation is 2. The van der Waals surface area contributed by atoms with Gasteiger partial charge in [0, 0.05) is 5.39 Å². The monoisotopic (exact) mass is 311 g/mol. The van der Waals surface area contributed by atoms with Crippen LogP contribution in [-0.4, -0.2) is 15.0 Å². The predicted octanol–water partition coefficient (Wildman–Crippen LogP) is 4.24. The molecule has 0 aliphatic rings. The highest BCUT2D eigenvalue weighted by atomic mass is 35.5. The summed E-state index contributed by atoms with van der Waals surface area (Å²) >= 11 is 9.15. The van der Waals surface area contributed by atoms with Crippen molar-refractivity contribution in [3.05, 3.63) is 33.9 Å². The Morgan fingerprint density at radius 3 is 2.89 bits per heavy atom. The summed E-state index contributed by atoms with van der Waals surface area (Å²) in [4.78, 5) is 14.0. The van der Waals surface area contributed by atoms with Gasteiger partial charge in [0.2, 0.25) is 0 Å². The third kappa shape index (κ3) is 2.61. The molecule has 0 spiro atoms. The minimum Gasteiger partial charge on any atom is -0.437 e. The van der Waals surface area contributed by atoms with E-state index in [9.17, 15) is 0 Å². The number of aromatic nitrogens is 3. The lowest BCUT2D eigenvalue weighted by Crippen LogP contribution is -1.92. The zero-order chi connectivity index (χ0) is 13.4. The number of nitrogens with zero attached hydrogens (tertiary/aromatic N) is 3. The fourth-order valence-electron chi connectivity index (χ4n) is 1.56. The Balaban J connectivity index is 1.81. The molecule has 4 nitrogen and oxygen atoms in total. The summed E-state index contributed by atoms with van der Waals surface area (Å²) in [5, 5.41) is 4.01. The molecule has 0 amide bonds. The summed E-state index contributed by atoms with van der Waals surface area (Å²) in [6, 6.07) is 1.93. The zero-order valence-corrected chi connectivity index (χ0v) is 12.7. The van der Waals surface area contributed by atoms with Crippen LogP contribution in [0.25, 0.3) is 10.2 Å². The van der Waals surface area contributed by atoms with E-state index in [2.05, 4.69) is 15.0 Å². The van der Waals surface area contributed by atoms with E-state index in [4.69, 9.17) is 16.0 Å². The minimum atomic E-state index is 0.501. The number of thioether (sulfide) groups is 1. The maximum atomic E-state index is 6.12. The Labute approximate surface area is 123 Å². The maximum Gasteiger partial charge on any atom is 0.256 e.